The molecule has 1 aliphatic heterocycles. The summed E-state index contributed by atoms with van der Waals surface area (Å²) in [5.74, 6) is -1.00. The molecule has 2 N–H and O–H groups in total. The zero-order chi connectivity index (χ0) is 14.0. The lowest BCUT2D eigenvalue weighted by Gasteiger charge is -2.35. The molecule has 0 aromatic heterocycles. The summed E-state index contributed by atoms with van der Waals surface area (Å²) in [7, 11) is 0. The number of carbonyl (C=O) groups is 1. The first-order valence-electron chi connectivity index (χ1n) is 6.06. The van der Waals surface area contributed by atoms with Crippen LogP contribution in [0.25, 0.3) is 0 Å². The summed E-state index contributed by atoms with van der Waals surface area (Å²) in [5.41, 5.74) is 5.67. The van der Waals surface area contributed by atoms with Crippen molar-refractivity contribution in [3.8, 4) is 0 Å². The molecule has 1 saturated heterocycles. The highest BCUT2D eigenvalue weighted by Gasteiger charge is 2.30. The Labute approximate surface area is 121 Å². The van der Waals surface area contributed by atoms with Crippen molar-refractivity contribution in [2.75, 3.05) is 6.54 Å². The second kappa shape index (κ2) is 5.84. The maximum absolute atomic E-state index is 13.8. The fraction of sp³-hybridized carbons (Fsp3) is 0.385. The van der Waals surface area contributed by atoms with Crippen LogP contribution in [0.1, 0.15) is 29.6 Å². The predicted molar refractivity (Wildman–Crippen MR) is 76.9 cm³/mol. The molecule has 1 aromatic carbocycles. The maximum Gasteiger partial charge on any atom is 0.257 e. The molecule has 1 atom stereocenters. The smallest absolute Gasteiger partial charge is 0.257 e. The Morgan fingerprint density at radius 2 is 2.21 bits per heavy atom. The van der Waals surface area contributed by atoms with Crippen molar-refractivity contribution in [2.45, 2.75) is 25.3 Å². The Hall–Kier alpha value is -1.20. The number of benzene rings is 1. The van der Waals surface area contributed by atoms with Crippen molar-refractivity contribution < 1.29 is 9.18 Å². The lowest BCUT2D eigenvalue weighted by atomic mass is 10.0. The number of amides is 1. The van der Waals surface area contributed by atoms with Crippen LogP contribution in [0.15, 0.2) is 18.2 Å². The van der Waals surface area contributed by atoms with Gasteiger partial charge in [-0.25, -0.2) is 4.39 Å². The van der Waals surface area contributed by atoms with E-state index in [0.717, 1.165) is 25.3 Å². The van der Waals surface area contributed by atoms with Crippen LogP contribution in [-0.4, -0.2) is 28.4 Å². The fourth-order valence-corrected chi connectivity index (χ4v) is 2.69. The largest absolute Gasteiger partial charge is 0.392 e. The summed E-state index contributed by atoms with van der Waals surface area (Å²) in [6.45, 7) is 0.545. The van der Waals surface area contributed by atoms with Gasteiger partial charge < -0.3 is 10.6 Å². The molecule has 6 heteroatoms. The summed E-state index contributed by atoms with van der Waals surface area (Å²) in [6.07, 6.45) is 2.57. The molecule has 102 valence electrons. The number of hydrogen-bond acceptors (Lipinski definition) is 2. The molecule has 1 aromatic rings. The second-order valence-electron chi connectivity index (χ2n) is 4.54. The van der Waals surface area contributed by atoms with Crippen molar-refractivity contribution in [3.05, 3.63) is 34.6 Å². The molecule has 3 nitrogen and oxygen atoms in total. The Morgan fingerprint density at radius 3 is 2.84 bits per heavy atom. The summed E-state index contributed by atoms with van der Waals surface area (Å²) < 4.78 is 13.8. The Bertz CT molecular complexity index is 523. The highest BCUT2D eigenvalue weighted by Crippen LogP contribution is 2.22. The van der Waals surface area contributed by atoms with Crippen molar-refractivity contribution in [3.63, 3.8) is 0 Å². The van der Waals surface area contributed by atoms with Crippen molar-refractivity contribution >= 4 is 34.7 Å². The molecule has 1 amide bonds. The number of likely N-dealkylation sites (tertiary alicyclic amines) is 1. The molecule has 2 rings (SSSR count). The molecule has 1 heterocycles. The minimum absolute atomic E-state index is 0.00699. The second-order valence-corrected chi connectivity index (χ2v) is 5.44. The molecular formula is C13H14ClFN2OS. The van der Waals surface area contributed by atoms with Crippen LogP contribution < -0.4 is 5.73 Å². The zero-order valence-corrected chi connectivity index (χ0v) is 11.8. The fourth-order valence-electron chi connectivity index (χ4n) is 2.29. The highest BCUT2D eigenvalue weighted by molar-refractivity contribution is 7.80. The highest BCUT2D eigenvalue weighted by atomic mass is 35.5. The van der Waals surface area contributed by atoms with Crippen LogP contribution >= 0.6 is 23.8 Å². The van der Waals surface area contributed by atoms with Gasteiger partial charge in [-0.1, -0.05) is 23.8 Å². The van der Waals surface area contributed by atoms with E-state index in [1.54, 1.807) is 4.90 Å². The number of hydrogen-bond donors (Lipinski definition) is 1. The molecule has 1 fully saturated rings. The molecule has 1 aliphatic rings. The SMILES string of the molecule is NC(=S)C1CCCCN1C(=O)c1ccc(Cl)cc1F. The molecule has 0 spiro atoms. The van der Waals surface area contributed by atoms with Crippen LogP contribution in [0, 0.1) is 5.82 Å². The summed E-state index contributed by atoms with van der Waals surface area (Å²) in [4.78, 5) is 14.2. The lowest BCUT2D eigenvalue weighted by molar-refractivity contribution is 0.0676. The number of piperidine rings is 1. The summed E-state index contributed by atoms with van der Waals surface area (Å²) >= 11 is 10.7. The molecule has 19 heavy (non-hydrogen) atoms. The lowest BCUT2D eigenvalue weighted by Crippen LogP contribution is -2.50. The van der Waals surface area contributed by atoms with E-state index in [1.807, 2.05) is 0 Å². The quantitative estimate of drug-likeness (QED) is 0.854. The van der Waals surface area contributed by atoms with Crippen molar-refractivity contribution in [1.29, 1.82) is 0 Å². The molecule has 0 saturated carbocycles. The topological polar surface area (TPSA) is 46.3 Å². The van der Waals surface area contributed by atoms with Gasteiger partial charge in [0.15, 0.2) is 0 Å². The van der Waals surface area contributed by atoms with Crippen molar-refractivity contribution in [1.82, 2.24) is 4.90 Å². The Morgan fingerprint density at radius 1 is 1.47 bits per heavy atom. The van der Waals surface area contributed by atoms with E-state index in [9.17, 15) is 9.18 Å². The maximum atomic E-state index is 13.8. The first-order chi connectivity index (χ1) is 9.00. The van der Waals surface area contributed by atoms with Crippen LogP contribution in [0.3, 0.4) is 0 Å². The van der Waals surface area contributed by atoms with Crippen LogP contribution in [0.4, 0.5) is 4.39 Å². The average molecular weight is 301 g/mol. The van der Waals surface area contributed by atoms with E-state index in [1.165, 1.54) is 12.1 Å². The van der Waals surface area contributed by atoms with E-state index in [-0.39, 0.29) is 27.5 Å². The minimum Gasteiger partial charge on any atom is -0.392 e. The average Bonchev–Trinajstić information content (AvgIpc) is 2.38. The molecule has 0 bridgehead atoms. The third kappa shape index (κ3) is 3.04. The van der Waals surface area contributed by atoms with Gasteiger partial charge in [0.25, 0.3) is 5.91 Å². The standard InChI is InChI=1S/C13H14ClFN2OS/c14-8-4-5-9(10(15)7-8)13(18)17-6-2-1-3-11(17)12(16)19/h4-5,7,11H,1-3,6H2,(H2,16,19). The van der Waals surface area contributed by atoms with E-state index >= 15 is 0 Å². The predicted octanol–water partition coefficient (Wildman–Crippen LogP) is 2.76. The van der Waals surface area contributed by atoms with Gasteiger partial charge in [-0.3, -0.25) is 4.79 Å². The third-order valence-corrected chi connectivity index (χ3v) is 3.76. The number of rotatable bonds is 2. The number of nitrogens with zero attached hydrogens (tertiary/aromatic N) is 1. The van der Waals surface area contributed by atoms with Crippen molar-refractivity contribution in [2.24, 2.45) is 5.73 Å². The van der Waals surface area contributed by atoms with Gasteiger partial charge in [0, 0.05) is 11.6 Å². The van der Waals surface area contributed by atoms with Gasteiger partial charge in [-0.05, 0) is 37.5 Å². The van der Waals surface area contributed by atoms with Gasteiger partial charge in [0.1, 0.15) is 5.82 Å². The number of carbonyl (C=O) groups excluding carboxylic acids is 1. The molecule has 0 aliphatic carbocycles. The zero-order valence-electron chi connectivity index (χ0n) is 10.2. The molecular weight excluding hydrogens is 287 g/mol. The van der Waals surface area contributed by atoms with Gasteiger partial charge in [0.2, 0.25) is 0 Å². The van der Waals surface area contributed by atoms with Crippen LogP contribution in [0.5, 0.6) is 0 Å². The minimum atomic E-state index is -0.621. The molecule has 0 radical (unpaired) electrons. The monoisotopic (exact) mass is 300 g/mol. The summed E-state index contributed by atoms with van der Waals surface area (Å²) in [5, 5.41) is 0.263. The van der Waals surface area contributed by atoms with Crippen LogP contribution in [-0.2, 0) is 0 Å². The van der Waals surface area contributed by atoms with Gasteiger partial charge in [-0.2, -0.15) is 0 Å². The van der Waals surface area contributed by atoms with E-state index in [2.05, 4.69) is 0 Å². The van der Waals surface area contributed by atoms with Gasteiger partial charge in [-0.15, -0.1) is 0 Å². The molecule has 1 unspecified atom stereocenters. The van der Waals surface area contributed by atoms with Gasteiger partial charge >= 0.3 is 0 Å². The van der Waals surface area contributed by atoms with E-state index in [0.29, 0.717) is 6.54 Å². The Kier molecular flexibility index (Phi) is 4.37. The van der Waals surface area contributed by atoms with E-state index < -0.39 is 5.82 Å². The Balaban J connectivity index is 2.28. The van der Waals surface area contributed by atoms with Gasteiger partial charge in [0.05, 0.1) is 16.6 Å². The number of thiocarbonyl (C=S) groups is 1. The normalized spacial score (nSPS) is 19.3. The third-order valence-electron chi connectivity index (χ3n) is 3.25. The first-order valence-corrected chi connectivity index (χ1v) is 6.84. The number of halogens is 2. The van der Waals surface area contributed by atoms with E-state index in [4.69, 9.17) is 29.6 Å². The van der Waals surface area contributed by atoms with Crippen LogP contribution in [0.2, 0.25) is 5.02 Å². The first kappa shape index (κ1) is 14.2. The number of nitrogens with two attached hydrogens (primary N) is 1. The summed E-state index contributed by atoms with van der Waals surface area (Å²) in [6, 6.07) is 3.74.